The van der Waals surface area contributed by atoms with Gasteiger partial charge in [0.05, 0.1) is 12.1 Å². The Morgan fingerprint density at radius 3 is 2.28 bits per heavy atom. The molecule has 1 fully saturated rings. The zero-order chi connectivity index (χ0) is 23.4. The first-order chi connectivity index (χ1) is 15.1. The molecular formula is C21H22F4N2O4S. The minimum absolute atomic E-state index is 0.0671. The molecule has 0 aromatic heterocycles. The van der Waals surface area contributed by atoms with Crippen molar-refractivity contribution in [3.63, 3.8) is 0 Å². The molecule has 0 spiro atoms. The lowest BCUT2D eigenvalue weighted by atomic mass is 9.97. The van der Waals surface area contributed by atoms with Crippen molar-refractivity contribution in [3.05, 3.63) is 59.9 Å². The standard InChI is InChI=1S/C21H22F4N2O4S/c22-18-3-1-2-4-19(18)32(29,30)27-12-9-15(10-13-27)20(28)26-11-14-31-17-7-5-16(6-8-17)21(23,24)25/h1-8,15H,9-14H2,(H,26,28). The third-order valence-corrected chi connectivity index (χ3v) is 7.06. The van der Waals surface area contributed by atoms with Gasteiger partial charge in [-0.3, -0.25) is 4.79 Å². The first-order valence-electron chi connectivity index (χ1n) is 9.91. The van der Waals surface area contributed by atoms with E-state index >= 15 is 0 Å². The molecule has 32 heavy (non-hydrogen) atoms. The summed E-state index contributed by atoms with van der Waals surface area (Å²) in [7, 11) is -3.97. The van der Waals surface area contributed by atoms with Gasteiger partial charge in [-0.15, -0.1) is 0 Å². The van der Waals surface area contributed by atoms with Crippen LogP contribution in [0.3, 0.4) is 0 Å². The number of ether oxygens (including phenoxy) is 1. The number of sulfonamides is 1. The van der Waals surface area contributed by atoms with Crippen LogP contribution < -0.4 is 10.1 Å². The van der Waals surface area contributed by atoms with E-state index in [-0.39, 0.29) is 42.8 Å². The van der Waals surface area contributed by atoms with Crippen molar-refractivity contribution < 1.29 is 35.5 Å². The van der Waals surface area contributed by atoms with Crippen molar-refractivity contribution in [1.29, 1.82) is 0 Å². The summed E-state index contributed by atoms with van der Waals surface area (Å²) in [5, 5.41) is 2.68. The van der Waals surface area contributed by atoms with E-state index in [1.807, 2.05) is 0 Å². The lowest BCUT2D eigenvalue weighted by Gasteiger charge is -2.30. The summed E-state index contributed by atoms with van der Waals surface area (Å²) < 4.78 is 83.2. The summed E-state index contributed by atoms with van der Waals surface area (Å²) in [6.45, 7) is 0.402. The molecule has 174 valence electrons. The Balaban J connectivity index is 1.42. The van der Waals surface area contributed by atoms with E-state index in [0.29, 0.717) is 12.8 Å². The number of halogens is 4. The maximum Gasteiger partial charge on any atom is 0.416 e. The van der Waals surface area contributed by atoms with E-state index in [4.69, 9.17) is 4.74 Å². The molecule has 3 rings (SSSR count). The molecule has 11 heteroatoms. The quantitative estimate of drug-likeness (QED) is 0.493. The van der Waals surface area contributed by atoms with Crippen LogP contribution in [0.25, 0.3) is 0 Å². The van der Waals surface area contributed by atoms with Gasteiger partial charge in [-0.05, 0) is 49.2 Å². The molecule has 0 saturated carbocycles. The smallest absolute Gasteiger partial charge is 0.416 e. The summed E-state index contributed by atoms with van der Waals surface area (Å²) in [5.41, 5.74) is -0.776. The molecule has 2 aromatic carbocycles. The molecule has 0 bridgehead atoms. The zero-order valence-electron chi connectivity index (χ0n) is 16.9. The second-order valence-corrected chi connectivity index (χ2v) is 9.18. The fraction of sp³-hybridized carbons (Fsp3) is 0.381. The molecule has 1 saturated heterocycles. The Labute approximate surface area is 183 Å². The van der Waals surface area contributed by atoms with Crippen LogP contribution in [-0.4, -0.2) is 44.9 Å². The molecule has 1 N–H and O–H groups in total. The number of nitrogens with one attached hydrogen (secondary N) is 1. The topological polar surface area (TPSA) is 75.7 Å². The van der Waals surface area contributed by atoms with Crippen molar-refractivity contribution in [1.82, 2.24) is 9.62 Å². The predicted octanol–water partition coefficient (Wildman–Crippen LogP) is 3.44. The average molecular weight is 474 g/mol. The molecule has 1 aliphatic rings. The molecule has 0 aliphatic carbocycles. The minimum Gasteiger partial charge on any atom is -0.492 e. The molecule has 0 radical (unpaired) electrons. The first kappa shape index (κ1) is 24.0. The molecule has 1 heterocycles. The molecule has 0 unspecified atom stereocenters. The number of piperidine rings is 1. The van der Waals surface area contributed by atoms with Gasteiger partial charge in [0.15, 0.2) is 0 Å². The van der Waals surface area contributed by atoms with E-state index in [1.54, 1.807) is 0 Å². The van der Waals surface area contributed by atoms with Crippen molar-refractivity contribution >= 4 is 15.9 Å². The monoisotopic (exact) mass is 474 g/mol. The lowest BCUT2D eigenvalue weighted by Crippen LogP contribution is -2.43. The van der Waals surface area contributed by atoms with Gasteiger partial charge < -0.3 is 10.1 Å². The number of rotatable bonds is 7. The van der Waals surface area contributed by atoms with Gasteiger partial charge in [-0.2, -0.15) is 17.5 Å². The largest absolute Gasteiger partial charge is 0.492 e. The highest BCUT2D eigenvalue weighted by Gasteiger charge is 2.33. The number of alkyl halides is 3. The second-order valence-electron chi connectivity index (χ2n) is 7.27. The fourth-order valence-electron chi connectivity index (χ4n) is 3.38. The number of carbonyl (C=O) groups excluding carboxylic acids is 1. The summed E-state index contributed by atoms with van der Waals surface area (Å²) >= 11 is 0. The van der Waals surface area contributed by atoms with E-state index in [1.165, 1.54) is 34.6 Å². The highest BCUT2D eigenvalue weighted by molar-refractivity contribution is 7.89. The SMILES string of the molecule is O=C(NCCOc1ccc(C(F)(F)F)cc1)C1CCN(S(=O)(=O)c2ccccc2F)CC1. The van der Waals surface area contributed by atoms with Crippen molar-refractivity contribution in [3.8, 4) is 5.75 Å². The Hall–Kier alpha value is -2.66. The summed E-state index contributed by atoms with van der Waals surface area (Å²) in [6, 6.07) is 9.38. The van der Waals surface area contributed by atoms with Crippen LogP contribution in [-0.2, 0) is 21.0 Å². The average Bonchev–Trinajstić information content (AvgIpc) is 2.76. The fourth-order valence-corrected chi connectivity index (χ4v) is 4.91. The minimum atomic E-state index is -4.42. The van der Waals surface area contributed by atoms with Gasteiger partial charge in [0.2, 0.25) is 15.9 Å². The predicted molar refractivity (Wildman–Crippen MR) is 108 cm³/mol. The van der Waals surface area contributed by atoms with Crippen LogP contribution in [0, 0.1) is 11.7 Å². The number of nitrogens with zero attached hydrogens (tertiary/aromatic N) is 1. The van der Waals surface area contributed by atoms with Gasteiger partial charge in [0, 0.05) is 19.0 Å². The van der Waals surface area contributed by atoms with E-state index in [9.17, 15) is 30.8 Å². The maximum atomic E-state index is 13.9. The molecule has 1 amide bonds. The number of carbonyl (C=O) groups is 1. The Morgan fingerprint density at radius 2 is 1.69 bits per heavy atom. The van der Waals surface area contributed by atoms with Crippen molar-refractivity contribution in [2.45, 2.75) is 23.9 Å². The highest BCUT2D eigenvalue weighted by Crippen LogP contribution is 2.30. The van der Waals surface area contributed by atoms with Gasteiger partial charge >= 0.3 is 6.18 Å². The van der Waals surface area contributed by atoms with Crippen LogP contribution in [0.2, 0.25) is 0 Å². The van der Waals surface area contributed by atoms with E-state index in [2.05, 4.69) is 5.32 Å². The first-order valence-corrected chi connectivity index (χ1v) is 11.4. The molecule has 1 aliphatic heterocycles. The van der Waals surface area contributed by atoms with Gasteiger partial charge in [0.25, 0.3) is 0 Å². The summed E-state index contributed by atoms with van der Waals surface area (Å²) in [4.78, 5) is 11.9. The summed E-state index contributed by atoms with van der Waals surface area (Å²) in [5.74, 6) is -1.23. The maximum absolute atomic E-state index is 13.9. The van der Waals surface area contributed by atoms with Crippen molar-refractivity contribution in [2.24, 2.45) is 5.92 Å². The normalized spacial score (nSPS) is 16.0. The van der Waals surface area contributed by atoms with Crippen LogP contribution >= 0.6 is 0 Å². The molecule has 6 nitrogen and oxygen atoms in total. The van der Waals surface area contributed by atoms with Crippen molar-refractivity contribution in [2.75, 3.05) is 26.2 Å². The van der Waals surface area contributed by atoms with Gasteiger partial charge in [-0.25, -0.2) is 12.8 Å². The Morgan fingerprint density at radius 1 is 1.06 bits per heavy atom. The summed E-state index contributed by atoms with van der Waals surface area (Å²) in [6.07, 6.45) is -3.84. The number of hydrogen-bond donors (Lipinski definition) is 1. The number of amides is 1. The van der Waals surface area contributed by atoms with E-state index in [0.717, 1.165) is 18.2 Å². The third-order valence-electron chi connectivity index (χ3n) is 5.13. The highest BCUT2D eigenvalue weighted by atomic mass is 32.2. The van der Waals surface area contributed by atoms with Crippen LogP contribution in [0.4, 0.5) is 17.6 Å². The Bertz CT molecular complexity index is 1030. The van der Waals surface area contributed by atoms with Crippen LogP contribution in [0.1, 0.15) is 18.4 Å². The number of benzene rings is 2. The lowest BCUT2D eigenvalue weighted by molar-refractivity contribution is -0.137. The second kappa shape index (κ2) is 9.86. The third kappa shape index (κ3) is 5.77. The van der Waals surface area contributed by atoms with Gasteiger partial charge in [-0.1, -0.05) is 12.1 Å². The number of hydrogen-bond acceptors (Lipinski definition) is 4. The van der Waals surface area contributed by atoms with Gasteiger partial charge in [0.1, 0.15) is 23.1 Å². The molecule has 0 atom stereocenters. The molecule has 2 aromatic rings. The van der Waals surface area contributed by atoms with E-state index < -0.39 is 33.5 Å². The van der Waals surface area contributed by atoms with Crippen LogP contribution in [0.5, 0.6) is 5.75 Å². The zero-order valence-corrected chi connectivity index (χ0v) is 17.8. The Kier molecular flexibility index (Phi) is 7.40. The molecular weight excluding hydrogens is 452 g/mol. The van der Waals surface area contributed by atoms with Crippen LogP contribution in [0.15, 0.2) is 53.4 Å².